The maximum absolute atomic E-state index is 12.1. The Kier molecular flexibility index (Phi) is 5.13. The second-order valence-electron chi connectivity index (χ2n) is 5.50. The third-order valence-corrected chi connectivity index (χ3v) is 4.16. The highest BCUT2D eigenvalue weighted by molar-refractivity contribution is 7.80. The zero-order chi connectivity index (χ0) is 13.8. The molecule has 2 aliphatic heterocycles. The molecule has 2 rings (SSSR count). The van der Waals surface area contributed by atoms with E-state index in [1.807, 2.05) is 6.92 Å². The van der Waals surface area contributed by atoms with Gasteiger partial charge in [0.05, 0.1) is 17.0 Å². The molecular formula is C13H23N3O2S. The van der Waals surface area contributed by atoms with Gasteiger partial charge in [0.2, 0.25) is 5.91 Å². The molecule has 0 spiro atoms. The van der Waals surface area contributed by atoms with Crippen molar-refractivity contribution in [3.8, 4) is 0 Å². The topological polar surface area (TPSA) is 67.6 Å². The Balaban J connectivity index is 1.73. The molecule has 108 valence electrons. The molecule has 19 heavy (non-hydrogen) atoms. The summed E-state index contributed by atoms with van der Waals surface area (Å²) < 4.78 is 5.44. The molecule has 2 unspecified atom stereocenters. The van der Waals surface area contributed by atoms with Gasteiger partial charge in [-0.05, 0) is 26.2 Å². The van der Waals surface area contributed by atoms with Gasteiger partial charge in [-0.3, -0.25) is 9.69 Å². The highest BCUT2D eigenvalue weighted by atomic mass is 32.1. The second-order valence-corrected chi connectivity index (χ2v) is 6.02. The molecule has 6 heteroatoms. The number of carbonyl (C=O) groups excluding carboxylic acids is 1. The highest BCUT2D eigenvalue weighted by Gasteiger charge is 2.32. The molecule has 2 heterocycles. The lowest BCUT2D eigenvalue weighted by atomic mass is 9.99. The fourth-order valence-electron chi connectivity index (χ4n) is 2.84. The molecule has 0 aliphatic carbocycles. The SMILES string of the molecule is CC1OCCC1C(=O)NC1CCN(CC(N)=S)CC1. The lowest BCUT2D eigenvalue weighted by Gasteiger charge is -2.32. The first-order chi connectivity index (χ1) is 9.06. The number of piperidine rings is 1. The van der Waals surface area contributed by atoms with Gasteiger partial charge in [0.15, 0.2) is 0 Å². The molecule has 0 bridgehead atoms. The van der Waals surface area contributed by atoms with Crippen molar-refractivity contribution in [1.82, 2.24) is 10.2 Å². The fraction of sp³-hybridized carbons (Fsp3) is 0.846. The predicted molar refractivity (Wildman–Crippen MR) is 77.9 cm³/mol. The summed E-state index contributed by atoms with van der Waals surface area (Å²) >= 11 is 4.91. The van der Waals surface area contributed by atoms with Crippen LogP contribution in [0.2, 0.25) is 0 Å². The summed E-state index contributed by atoms with van der Waals surface area (Å²) in [7, 11) is 0. The molecule has 3 N–H and O–H groups in total. The number of ether oxygens (including phenoxy) is 1. The van der Waals surface area contributed by atoms with E-state index in [1.54, 1.807) is 0 Å². The third kappa shape index (κ3) is 4.12. The maximum atomic E-state index is 12.1. The van der Waals surface area contributed by atoms with Gasteiger partial charge in [-0.2, -0.15) is 0 Å². The summed E-state index contributed by atoms with van der Waals surface area (Å²) in [5.41, 5.74) is 5.54. The number of nitrogens with zero attached hydrogens (tertiary/aromatic N) is 1. The number of thiocarbonyl (C=S) groups is 1. The van der Waals surface area contributed by atoms with Crippen molar-refractivity contribution in [2.75, 3.05) is 26.2 Å². The van der Waals surface area contributed by atoms with Crippen LogP contribution in [0.1, 0.15) is 26.2 Å². The van der Waals surface area contributed by atoms with Gasteiger partial charge in [0.25, 0.3) is 0 Å². The molecule has 2 atom stereocenters. The maximum Gasteiger partial charge on any atom is 0.226 e. The van der Waals surface area contributed by atoms with Gasteiger partial charge in [-0.15, -0.1) is 0 Å². The molecule has 0 aromatic rings. The molecule has 0 saturated carbocycles. The van der Waals surface area contributed by atoms with Gasteiger partial charge >= 0.3 is 0 Å². The first-order valence-corrected chi connectivity index (χ1v) is 7.39. The minimum Gasteiger partial charge on any atom is -0.392 e. The first-order valence-electron chi connectivity index (χ1n) is 6.99. The highest BCUT2D eigenvalue weighted by Crippen LogP contribution is 2.21. The Bertz CT molecular complexity index is 343. The first kappa shape index (κ1) is 14.7. The summed E-state index contributed by atoms with van der Waals surface area (Å²) in [5.74, 6) is 0.174. The fourth-order valence-corrected chi connectivity index (χ4v) is 3.02. The molecule has 2 fully saturated rings. The molecule has 0 aromatic heterocycles. The van der Waals surface area contributed by atoms with Crippen molar-refractivity contribution >= 4 is 23.1 Å². The predicted octanol–water partition coefficient (Wildman–Crippen LogP) is 0.278. The van der Waals surface area contributed by atoms with Crippen molar-refractivity contribution in [2.24, 2.45) is 11.7 Å². The largest absolute Gasteiger partial charge is 0.392 e. The van der Waals surface area contributed by atoms with Crippen LogP contribution in [0.4, 0.5) is 0 Å². The molecule has 2 saturated heterocycles. The molecule has 0 radical (unpaired) electrons. The zero-order valence-electron chi connectivity index (χ0n) is 11.4. The lowest BCUT2D eigenvalue weighted by molar-refractivity contribution is -0.127. The van der Waals surface area contributed by atoms with E-state index >= 15 is 0 Å². The summed E-state index contributed by atoms with van der Waals surface area (Å²) in [5, 5.41) is 3.16. The van der Waals surface area contributed by atoms with Gasteiger partial charge in [-0.25, -0.2) is 0 Å². The summed E-state index contributed by atoms with van der Waals surface area (Å²) in [6.07, 6.45) is 2.83. The smallest absolute Gasteiger partial charge is 0.226 e. The van der Waals surface area contributed by atoms with Gasteiger partial charge in [0.1, 0.15) is 0 Å². The summed E-state index contributed by atoms with van der Waals surface area (Å²) in [6.45, 7) is 5.25. The molecular weight excluding hydrogens is 262 g/mol. The van der Waals surface area contributed by atoms with Crippen molar-refractivity contribution in [3.63, 3.8) is 0 Å². The summed E-state index contributed by atoms with van der Waals surface area (Å²) in [6, 6.07) is 0.280. The number of likely N-dealkylation sites (tertiary alicyclic amines) is 1. The minimum atomic E-state index is 0.0228. The summed E-state index contributed by atoms with van der Waals surface area (Å²) in [4.78, 5) is 14.9. The van der Waals surface area contributed by atoms with Crippen molar-refractivity contribution < 1.29 is 9.53 Å². The lowest BCUT2D eigenvalue weighted by Crippen LogP contribution is -2.48. The number of hydrogen-bond acceptors (Lipinski definition) is 4. The van der Waals surface area contributed by atoms with Crippen LogP contribution in [0.15, 0.2) is 0 Å². The number of rotatable bonds is 4. The van der Waals surface area contributed by atoms with Crippen LogP contribution >= 0.6 is 12.2 Å². The van der Waals surface area contributed by atoms with Crippen molar-refractivity contribution in [3.05, 3.63) is 0 Å². The normalized spacial score (nSPS) is 29.3. The Labute approximate surface area is 119 Å². The van der Waals surface area contributed by atoms with E-state index in [0.717, 1.165) is 32.4 Å². The molecule has 1 amide bonds. The van der Waals surface area contributed by atoms with Crippen LogP contribution in [0.25, 0.3) is 0 Å². The van der Waals surface area contributed by atoms with E-state index in [4.69, 9.17) is 22.7 Å². The standard InChI is InChI=1S/C13H23N3O2S/c1-9-11(4-7-18-9)13(17)15-10-2-5-16(6-3-10)8-12(14)19/h9-11H,2-8H2,1H3,(H2,14,19)(H,15,17). The average molecular weight is 285 g/mol. The van der Waals surface area contributed by atoms with Crippen molar-refractivity contribution in [1.29, 1.82) is 0 Å². The van der Waals surface area contributed by atoms with Crippen LogP contribution in [-0.2, 0) is 9.53 Å². The Hall–Kier alpha value is -0.720. The van der Waals surface area contributed by atoms with Crippen LogP contribution in [-0.4, -0.2) is 54.2 Å². The number of hydrogen-bond donors (Lipinski definition) is 2. The van der Waals surface area contributed by atoms with E-state index in [2.05, 4.69) is 10.2 Å². The monoisotopic (exact) mass is 285 g/mol. The number of nitrogens with two attached hydrogens (primary N) is 1. The number of nitrogens with one attached hydrogen (secondary N) is 1. The zero-order valence-corrected chi connectivity index (χ0v) is 12.2. The number of carbonyl (C=O) groups is 1. The van der Waals surface area contributed by atoms with E-state index in [-0.39, 0.29) is 24.0 Å². The van der Waals surface area contributed by atoms with E-state index in [9.17, 15) is 4.79 Å². The van der Waals surface area contributed by atoms with E-state index in [0.29, 0.717) is 18.1 Å². The molecule has 2 aliphatic rings. The molecule has 5 nitrogen and oxygen atoms in total. The molecule has 0 aromatic carbocycles. The average Bonchev–Trinajstić information content (AvgIpc) is 2.77. The van der Waals surface area contributed by atoms with Gasteiger partial charge < -0.3 is 15.8 Å². The number of amides is 1. The van der Waals surface area contributed by atoms with Crippen LogP contribution in [0.3, 0.4) is 0 Å². The van der Waals surface area contributed by atoms with Crippen LogP contribution < -0.4 is 11.1 Å². The van der Waals surface area contributed by atoms with Gasteiger partial charge in [-0.1, -0.05) is 12.2 Å². The Morgan fingerprint density at radius 3 is 2.63 bits per heavy atom. The Morgan fingerprint density at radius 2 is 2.11 bits per heavy atom. The van der Waals surface area contributed by atoms with Crippen LogP contribution in [0.5, 0.6) is 0 Å². The quantitative estimate of drug-likeness (QED) is 0.726. The Morgan fingerprint density at radius 1 is 1.42 bits per heavy atom. The van der Waals surface area contributed by atoms with Crippen LogP contribution in [0, 0.1) is 5.92 Å². The van der Waals surface area contributed by atoms with Gasteiger partial charge in [0, 0.05) is 32.3 Å². The third-order valence-electron chi connectivity index (χ3n) is 4.03. The van der Waals surface area contributed by atoms with E-state index < -0.39 is 0 Å². The van der Waals surface area contributed by atoms with E-state index in [1.165, 1.54) is 0 Å². The minimum absolute atomic E-state index is 0.0228. The second kappa shape index (κ2) is 6.63. The van der Waals surface area contributed by atoms with Crippen molar-refractivity contribution in [2.45, 2.75) is 38.3 Å².